The van der Waals surface area contributed by atoms with Crippen LogP contribution in [0.1, 0.15) is 25.3 Å². The third-order valence-electron chi connectivity index (χ3n) is 3.01. The maximum absolute atomic E-state index is 9.63. The Morgan fingerprint density at radius 1 is 1.31 bits per heavy atom. The van der Waals surface area contributed by atoms with Crippen LogP contribution < -0.4 is 0 Å². The van der Waals surface area contributed by atoms with Gasteiger partial charge in [-0.05, 0) is 37.5 Å². The van der Waals surface area contributed by atoms with E-state index in [2.05, 4.69) is 0 Å². The SMILES string of the molecule is CC(O)C1(c2ccc(Cl)cc2)CC1. The van der Waals surface area contributed by atoms with E-state index in [0.717, 1.165) is 17.9 Å². The zero-order valence-electron chi connectivity index (χ0n) is 7.63. The van der Waals surface area contributed by atoms with Crippen molar-refractivity contribution in [1.29, 1.82) is 0 Å². The number of aliphatic hydroxyl groups is 1. The molecule has 2 rings (SSSR count). The molecule has 70 valence electrons. The number of hydrogen-bond donors (Lipinski definition) is 1. The molecule has 0 amide bonds. The van der Waals surface area contributed by atoms with E-state index in [1.165, 1.54) is 5.56 Å². The fourth-order valence-electron chi connectivity index (χ4n) is 1.86. The van der Waals surface area contributed by atoms with Gasteiger partial charge in [0.05, 0.1) is 6.10 Å². The normalized spacial score (nSPS) is 21.2. The Morgan fingerprint density at radius 3 is 2.23 bits per heavy atom. The highest BCUT2D eigenvalue weighted by molar-refractivity contribution is 6.30. The maximum Gasteiger partial charge on any atom is 0.0608 e. The zero-order valence-corrected chi connectivity index (χ0v) is 8.38. The van der Waals surface area contributed by atoms with E-state index in [9.17, 15) is 5.11 Å². The molecule has 1 unspecified atom stereocenters. The molecule has 1 aromatic carbocycles. The molecular weight excluding hydrogens is 184 g/mol. The summed E-state index contributed by atoms with van der Waals surface area (Å²) in [7, 11) is 0. The van der Waals surface area contributed by atoms with E-state index in [1.807, 2.05) is 31.2 Å². The second kappa shape index (κ2) is 3.00. The van der Waals surface area contributed by atoms with Crippen LogP contribution in [0.3, 0.4) is 0 Å². The number of rotatable bonds is 2. The Labute approximate surface area is 83.3 Å². The molecule has 0 radical (unpaired) electrons. The molecule has 1 atom stereocenters. The molecule has 1 nitrogen and oxygen atoms in total. The fourth-order valence-corrected chi connectivity index (χ4v) is 1.99. The van der Waals surface area contributed by atoms with Gasteiger partial charge in [0.2, 0.25) is 0 Å². The van der Waals surface area contributed by atoms with Gasteiger partial charge in [-0.2, -0.15) is 0 Å². The predicted molar refractivity (Wildman–Crippen MR) is 54.0 cm³/mol. The van der Waals surface area contributed by atoms with E-state index in [0.29, 0.717) is 0 Å². The van der Waals surface area contributed by atoms with E-state index in [-0.39, 0.29) is 11.5 Å². The van der Waals surface area contributed by atoms with Crippen LogP contribution in [0.25, 0.3) is 0 Å². The van der Waals surface area contributed by atoms with Crippen molar-refractivity contribution in [3.8, 4) is 0 Å². The van der Waals surface area contributed by atoms with E-state index >= 15 is 0 Å². The molecule has 0 heterocycles. The Morgan fingerprint density at radius 2 is 1.85 bits per heavy atom. The van der Waals surface area contributed by atoms with Gasteiger partial charge in [-0.25, -0.2) is 0 Å². The van der Waals surface area contributed by atoms with Gasteiger partial charge in [0.1, 0.15) is 0 Å². The van der Waals surface area contributed by atoms with Crippen molar-refractivity contribution in [2.45, 2.75) is 31.3 Å². The van der Waals surface area contributed by atoms with Crippen LogP contribution in [0, 0.1) is 0 Å². The van der Waals surface area contributed by atoms with Gasteiger partial charge in [-0.3, -0.25) is 0 Å². The first kappa shape index (κ1) is 9.04. The molecule has 0 bridgehead atoms. The van der Waals surface area contributed by atoms with E-state index in [4.69, 9.17) is 11.6 Å². The predicted octanol–water partition coefficient (Wildman–Crippen LogP) is 2.75. The summed E-state index contributed by atoms with van der Waals surface area (Å²) in [5, 5.41) is 10.4. The molecular formula is C11H13ClO. The molecule has 0 aliphatic heterocycles. The van der Waals surface area contributed by atoms with Crippen molar-refractivity contribution >= 4 is 11.6 Å². The monoisotopic (exact) mass is 196 g/mol. The standard InChI is InChI=1S/C11H13ClO/c1-8(13)11(6-7-11)9-2-4-10(12)5-3-9/h2-5,8,13H,6-7H2,1H3. The number of hydrogen-bond acceptors (Lipinski definition) is 1. The molecule has 0 spiro atoms. The van der Waals surface area contributed by atoms with Crippen LogP contribution in [-0.4, -0.2) is 11.2 Å². The summed E-state index contributed by atoms with van der Waals surface area (Å²) >= 11 is 5.80. The highest BCUT2D eigenvalue weighted by Gasteiger charge is 2.48. The Kier molecular flexibility index (Phi) is 2.09. The number of halogens is 1. The van der Waals surface area contributed by atoms with Crippen LogP contribution in [0.2, 0.25) is 5.02 Å². The van der Waals surface area contributed by atoms with Gasteiger partial charge in [-0.1, -0.05) is 23.7 Å². The second-order valence-corrected chi connectivity index (χ2v) is 4.28. The topological polar surface area (TPSA) is 20.2 Å². The Hall–Kier alpha value is -0.530. The molecule has 1 aliphatic carbocycles. The third kappa shape index (κ3) is 1.47. The summed E-state index contributed by atoms with van der Waals surface area (Å²) in [5.41, 5.74) is 1.25. The summed E-state index contributed by atoms with van der Waals surface area (Å²) < 4.78 is 0. The molecule has 0 saturated heterocycles. The molecule has 0 aromatic heterocycles. The maximum atomic E-state index is 9.63. The Balaban J connectivity index is 2.31. The van der Waals surface area contributed by atoms with Gasteiger partial charge in [0.15, 0.2) is 0 Å². The summed E-state index contributed by atoms with van der Waals surface area (Å²) in [6.07, 6.45) is 1.92. The average Bonchev–Trinajstić information content (AvgIpc) is 2.86. The summed E-state index contributed by atoms with van der Waals surface area (Å²) in [4.78, 5) is 0. The largest absolute Gasteiger partial charge is 0.392 e. The van der Waals surface area contributed by atoms with Crippen LogP contribution in [0.15, 0.2) is 24.3 Å². The van der Waals surface area contributed by atoms with E-state index < -0.39 is 0 Å². The van der Waals surface area contributed by atoms with Crippen molar-refractivity contribution in [2.24, 2.45) is 0 Å². The molecule has 1 fully saturated rings. The van der Waals surface area contributed by atoms with Crippen molar-refractivity contribution in [2.75, 3.05) is 0 Å². The lowest BCUT2D eigenvalue weighted by atomic mass is 9.91. The fraction of sp³-hybridized carbons (Fsp3) is 0.455. The first-order valence-corrected chi connectivity index (χ1v) is 4.97. The second-order valence-electron chi connectivity index (χ2n) is 3.84. The van der Waals surface area contributed by atoms with Gasteiger partial charge < -0.3 is 5.11 Å². The lowest BCUT2D eigenvalue weighted by Crippen LogP contribution is -2.22. The molecule has 1 saturated carbocycles. The molecule has 1 aromatic rings. The molecule has 1 aliphatic rings. The van der Waals surface area contributed by atoms with Crippen LogP contribution in [0.5, 0.6) is 0 Å². The molecule has 2 heteroatoms. The first-order valence-electron chi connectivity index (χ1n) is 4.59. The number of aliphatic hydroxyl groups excluding tert-OH is 1. The van der Waals surface area contributed by atoms with Gasteiger partial charge in [0, 0.05) is 10.4 Å². The molecule has 13 heavy (non-hydrogen) atoms. The van der Waals surface area contributed by atoms with Crippen molar-refractivity contribution in [1.82, 2.24) is 0 Å². The smallest absolute Gasteiger partial charge is 0.0608 e. The lowest BCUT2D eigenvalue weighted by Gasteiger charge is -2.18. The first-order chi connectivity index (χ1) is 6.15. The summed E-state index contributed by atoms with van der Waals surface area (Å²) in [6.45, 7) is 1.86. The van der Waals surface area contributed by atoms with Crippen molar-refractivity contribution < 1.29 is 5.11 Å². The minimum Gasteiger partial charge on any atom is -0.392 e. The number of benzene rings is 1. The van der Waals surface area contributed by atoms with Gasteiger partial charge >= 0.3 is 0 Å². The Bertz CT molecular complexity index is 298. The minimum absolute atomic E-state index is 0.0323. The lowest BCUT2D eigenvalue weighted by molar-refractivity contribution is 0.150. The van der Waals surface area contributed by atoms with Crippen molar-refractivity contribution in [3.05, 3.63) is 34.9 Å². The van der Waals surface area contributed by atoms with Crippen molar-refractivity contribution in [3.63, 3.8) is 0 Å². The molecule has 1 N–H and O–H groups in total. The van der Waals surface area contributed by atoms with E-state index in [1.54, 1.807) is 0 Å². The average molecular weight is 197 g/mol. The third-order valence-corrected chi connectivity index (χ3v) is 3.26. The highest BCUT2D eigenvalue weighted by Crippen LogP contribution is 2.50. The van der Waals surface area contributed by atoms with Crippen LogP contribution in [-0.2, 0) is 5.41 Å². The summed E-state index contributed by atoms with van der Waals surface area (Å²) in [6, 6.07) is 7.81. The summed E-state index contributed by atoms with van der Waals surface area (Å²) in [5.74, 6) is 0. The van der Waals surface area contributed by atoms with Crippen LogP contribution in [0.4, 0.5) is 0 Å². The van der Waals surface area contributed by atoms with Gasteiger partial charge in [0.25, 0.3) is 0 Å². The van der Waals surface area contributed by atoms with Gasteiger partial charge in [-0.15, -0.1) is 0 Å². The minimum atomic E-state index is -0.256. The highest BCUT2D eigenvalue weighted by atomic mass is 35.5. The quantitative estimate of drug-likeness (QED) is 0.771. The zero-order chi connectivity index (χ0) is 9.47. The van der Waals surface area contributed by atoms with Crippen LogP contribution >= 0.6 is 11.6 Å².